The van der Waals surface area contributed by atoms with E-state index in [0.29, 0.717) is 0 Å². The minimum absolute atomic E-state index is 0.966. The molecule has 0 amide bonds. The molecule has 1 heteroatoms. The standard InChI is InChI=1S/C13H13N.C7H8/c1-11-4-6-12(7-5-11)9-13-3-2-8-14-10-13;1-7-5-3-2-4-6-7/h2-8,10H,9H2,1H3;2-6H,1H3. The topological polar surface area (TPSA) is 12.9 Å². The van der Waals surface area contributed by atoms with Crippen LogP contribution >= 0.6 is 0 Å². The Morgan fingerprint density at radius 1 is 0.667 bits per heavy atom. The molecular formula is C20H21N. The van der Waals surface area contributed by atoms with Crippen LogP contribution in [-0.4, -0.2) is 4.98 Å². The van der Waals surface area contributed by atoms with Crippen LogP contribution < -0.4 is 0 Å². The van der Waals surface area contributed by atoms with Gasteiger partial charge in [-0.05, 0) is 37.5 Å². The Labute approximate surface area is 127 Å². The summed E-state index contributed by atoms with van der Waals surface area (Å²) >= 11 is 0. The smallest absolute Gasteiger partial charge is 0.0303 e. The summed E-state index contributed by atoms with van der Waals surface area (Å²) in [5.74, 6) is 0. The fourth-order valence-corrected chi connectivity index (χ4v) is 1.98. The molecule has 0 fully saturated rings. The van der Waals surface area contributed by atoms with E-state index < -0.39 is 0 Å². The van der Waals surface area contributed by atoms with E-state index in [4.69, 9.17) is 0 Å². The summed E-state index contributed by atoms with van der Waals surface area (Å²) in [4.78, 5) is 4.10. The second-order valence-electron chi connectivity index (χ2n) is 5.18. The molecule has 0 atom stereocenters. The minimum Gasteiger partial charge on any atom is -0.264 e. The molecule has 0 unspecified atom stereocenters. The largest absolute Gasteiger partial charge is 0.264 e. The van der Waals surface area contributed by atoms with Gasteiger partial charge in [0.25, 0.3) is 0 Å². The van der Waals surface area contributed by atoms with E-state index in [1.807, 2.05) is 30.5 Å². The monoisotopic (exact) mass is 275 g/mol. The van der Waals surface area contributed by atoms with Crippen LogP contribution in [0.5, 0.6) is 0 Å². The Morgan fingerprint density at radius 2 is 1.33 bits per heavy atom. The third-order valence-corrected chi connectivity index (χ3v) is 3.19. The number of aryl methyl sites for hydroxylation is 2. The van der Waals surface area contributed by atoms with Gasteiger partial charge in [0.1, 0.15) is 0 Å². The normalized spacial score (nSPS) is 9.62. The lowest BCUT2D eigenvalue weighted by molar-refractivity contribution is 1.14. The van der Waals surface area contributed by atoms with Crippen molar-refractivity contribution in [1.82, 2.24) is 4.98 Å². The molecule has 106 valence electrons. The fraction of sp³-hybridized carbons (Fsp3) is 0.150. The highest BCUT2D eigenvalue weighted by Gasteiger charge is 1.94. The molecule has 1 aromatic heterocycles. The van der Waals surface area contributed by atoms with Crippen molar-refractivity contribution in [2.75, 3.05) is 0 Å². The molecule has 0 bridgehead atoms. The first kappa shape index (κ1) is 15.0. The van der Waals surface area contributed by atoms with Crippen molar-refractivity contribution in [3.63, 3.8) is 0 Å². The zero-order chi connectivity index (χ0) is 14.9. The van der Waals surface area contributed by atoms with Crippen LogP contribution in [0, 0.1) is 13.8 Å². The van der Waals surface area contributed by atoms with Crippen LogP contribution in [0.3, 0.4) is 0 Å². The number of hydrogen-bond acceptors (Lipinski definition) is 1. The third-order valence-electron chi connectivity index (χ3n) is 3.19. The molecule has 0 saturated carbocycles. The Bertz CT molecular complexity index is 628. The molecule has 0 aliphatic rings. The van der Waals surface area contributed by atoms with Gasteiger partial charge < -0.3 is 0 Å². The highest BCUT2D eigenvalue weighted by Crippen LogP contribution is 2.09. The maximum Gasteiger partial charge on any atom is 0.0303 e. The van der Waals surface area contributed by atoms with E-state index in [1.165, 1.54) is 22.3 Å². The first-order valence-corrected chi connectivity index (χ1v) is 7.20. The van der Waals surface area contributed by atoms with E-state index in [2.05, 4.69) is 61.3 Å². The number of nitrogens with zero attached hydrogens (tertiary/aromatic N) is 1. The average Bonchev–Trinajstić information content (AvgIpc) is 2.52. The number of benzene rings is 2. The van der Waals surface area contributed by atoms with E-state index >= 15 is 0 Å². The zero-order valence-corrected chi connectivity index (χ0v) is 12.7. The van der Waals surface area contributed by atoms with Gasteiger partial charge in [-0.1, -0.05) is 71.8 Å². The molecule has 21 heavy (non-hydrogen) atoms. The van der Waals surface area contributed by atoms with E-state index in [0.717, 1.165) is 6.42 Å². The number of hydrogen-bond donors (Lipinski definition) is 0. The summed E-state index contributed by atoms with van der Waals surface area (Å²) in [7, 11) is 0. The molecule has 1 heterocycles. The third kappa shape index (κ3) is 5.62. The first-order valence-electron chi connectivity index (χ1n) is 7.20. The van der Waals surface area contributed by atoms with Crippen LogP contribution in [0.4, 0.5) is 0 Å². The lowest BCUT2D eigenvalue weighted by atomic mass is 10.1. The lowest BCUT2D eigenvalue weighted by Gasteiger charge is -2.01. The van der Waals surface area contributed by atoms with E-state index in [-0.39, 0.29) is 0 Å². The molecule has 0 saturated heterocycles. The number of pyridine rings is 1. The van der Waals surface area contributed by atoms with Crippen molar-refractivity contribution in [2.24, 2.45) is 0 Å². The van der Waals surface area contributed by atoms with Crippen LogP contribution in [0.1, 0.15) is 22.3 Å². The molecule has 0 aliphatic heterocycles. The number of rotatable bonds is 2. The van der Waals surface area contributed by atoms with Crippen LogP contribution in [0.25, 0.3) is 0 Å². The van der Waals surface area contributed by atoms with Crippen molar-refractivity contribution >= 4 is 0 Å². The van der Waals surface area contributed by atoms with E-state index in [9.17, 15) is 0 Å². The Kier molecular flexibility index (Phi) is 5.71. The molecule has 1 nitrogen and oxygen atoms in total. The molecule has 3 rings (SSSR count). The zero-order valence-electron chi connectivity index (χ0n) is 12.7. The van der Waals surface area contributed by atoms with Crippen molar-refractivity contribution in [3.05, 3.63) is 101 Å². The van der Waals surface area contributed by atoms with Crippen LogP contribution in [-0.2, 0) is 6.42 Å². The van der Waals surface area contributed by atoms with Crippen LogP contribution in [0.15, 0.2) is 79.1 Å². The maximum absolute atomic E-state index is 4.10. The molecular weight excluding hydrogens is 254 g/mol. The van der Waals surface area contributed by atoms with Gasteiger partial charge in [-0.2, -0.15) is 0 Å². The van der Waals surface area contributed by atoms with Gasteiger partial charge in [-0.3, -0.25) is 4.98 Å². The highest BCUT2D eigenvalue weighted by atomic mass is 14.6. The summed E-state index contributed by atoms with van der Waals surface area (Å²) in [6.45, 7) is 4.19. The van der Waals surface area contributed by atoms with Gasteiger partial charge in [-0.25, -0.2) is 0 Å². The molecule has 2 aromatic carbocycles. The summed E-state index contributed by atoms with van der Waals surface area (Å²) < 4.78 is 0. The fourth-order valence-electron chi connectivity index (χ4n) is 1.98. The quantitative estimate of drug-likeness (QED) is 0.643. The first-order chi connectivity index (χ1) is 10.2. The van der Waals surface area contributed by atoms with Crippen molar-refractivity contribution in [1.29, 1.82) is 0 Å². The van der Waals surface area contributed by atoms with Crippen molar-refractivity contribution in [2.45, 2.75) is 20.3 Å². The van der Waals surface area contributed by atoms with Crippen molar-refractivity contribution < 1.29 is 0 Å². The average molecular weight is 275 g/mol. The second kappa shape index (κ2) is 8.01. The molecule has 0 spiro atoms. The van der Waals surface area contributed by atoms with Gasteiger partial charge in [-0.15, -0.1) is 0 Å². The predicted molar refractivity (Wildman–Crippen MR) is 89.4 cm³/mol. The predicted octanol–water partition coefficient (Wildman–Crippen LogP) is 4.98. The van der Waals surface area contributed by atoms with Gasteiger partial charge in [0.05, 0.1) is 0 Å². The lowest BCUT2D eigenvalue weighted by Crippen LogP contribution is -1.88. The molecule has 0 aliphatic carbocycles. The Morgan fingerprint density at radius 3 is 1.86 bits per heavy atom. The van der Waals surface area contributed by atoms with Gasteiger partial charge in [0, 0.05) is 12.4 Å². The van der Waals surface area contributed by atoms with Gasteiger partial charge in [0.15, 0.2) is 0 Å². The second-order valence-corrected chi connectivity index (χ2v) is 5.18. The number of aromatic nitrogens is 1. The Hall–Kier alpha value is -2.41. The van der Waals surface area contributed by atoms with Crippen LogP contribution in [0.2, 0.25) is 0 Å². The molecule has 0 N–H and O–H groups in total. The highest BCUT2D eigenvalue weighted by molar-refractivity contribution is 5.26. The van der Waals surface area contributed by atoms with Gasteiger partial charge >= 0.3 is 0 Å². The Balaban J connectivity index is 0.000000194. The summed E-state index contributed by atoms with van der Waals surface area (Å²) in [6, 6.07) is 23.0. The summed E-state index contributed by atoms with van der Waals surface area (Å²) in [5.41, 5.74) is 5.22. The molecule has 3 aromatic rings. The van der Waals surface area contributed by atoms with Gasteiger partial charge in [0.2, 0.25) is 0 Å². The summed E-state index contributed by atoms with van der Waals surface area (Å²) in [5, 5.41) is 0. The van der Waals surface area contributed by atoms with Crippen molar-refractivity contribution in [3.8, 4) is 0 Å². The summed E-state index contributed by atoms with van der Waals surface area (Å²) in [6.07, 6.45) is 4.69. The molecule has 0 radical (unpaired) electrons. The maximum atomic E-state index is 4.10. The minimum atomic E-state index is 0.966. The SMILES string of the molecule is Cc1ccc(Cc2cccnc2)cc1.Cc1ccccc1. The van der Waals surface area contributed by atoms with E-state index in [1.54, 1.807) is 6.20 Å².